The fraction of sp³-hybridized carbons (Fsp3) is 0.0952. The van der Waals surface area contributed by atoms with Gasteiger partial charge in [-0.1, -0.05) is 11.8 Å². The Morgan fingerprint density at radius 2 is 1.90 bits per heavy atom. The molecule has 9 nitrogen and oxygen atoms in total. The van der Waals surface area contributed by atoms with Gasteiger partial charge < -0.3 is 15.2 Å². The van der Waals surface area contributed by atoms with Gasteiger partial charge in [-0.3, -0.25) is 20.1 Å². The summed E-state index contributed by atoms with van der Waals surface area (Å²) in [6, 6.07) is 9.24. The molecule has 0 saturated carbocycles. The van der Waals surface area contributed by atoms with Gasteiger partial charge in [0.05, 0.1) is 5.56 Å². The van der Waals surface area contributed by atoms with E-state index in [0.29, 0.717) is 16.9 Å². The number of hydrogen-bond donors (Lipinski definition) is 3. The average Bonchev–Trinajstić information content (AvgIpc) is 3.11. The Morgan fingerprint density at radius 3 is 2.61 bits per heavy atom. The van der Waals surface area contributed by atoms with E-state index in [1.165, 1.54) is 24.0 Å². The van der Waals surface area contributed by atoms with Crippen LogP contribution in [0.2, 0.25) is 0 Å². The zero-order valence-electron chi connectivity index (χ0n) is 15.9. The molecule has 0 bridgehead atoms. The molecule has 1 aliphatic rings. The molecule has 2 aromatic heterocycles. The van der Waals surface area contributed by atoms with Crippen molar-refractivity contribution in [2.24, 2.45) is 0 Å². The highest BCUT2D eigenvalue weighted by Crippen LogP contribution is 2.34. The highest BCUT2D eigenvalue weighted by Gasteiger charge is 2.32. The molecule has 0 spiro atoms. The Kier molecular flexibility index (Phi) is 5.80. The third-order valence-corrected chi connectivity index (χ3v) is 5.47. The Bertz CT molecular complexity index is 1150. The third-order valence-electron chi connectivity index (χ3n) is 4.40. The summed E-state index contributed by atoms with van der Waals surface area (Å²) in [7, 11) is 0. The molecule has 10 heteroatoms. The van der Waals surface area contributed by atoms with Crippen LogP contribution in [0.1, 0.15) is 27.5 Å². The highest BCUT2D eigenvalue weighted by molar-refractivity contribution is 7.99. The highest BCUT2D eigenvalue weighted by atomic mass is 32.2. The molecule has 1 aliphatic heterocycles. The minimum Gasteiger partial charge on any atom is -0.489 e. The number of amides is 3. The standard InChI is InChI=1S/C21H16N4O5S/c26-19-18(24-21(29)25-19)16-5-6-22-10-17(16)31-15-3-1-14(2-4-15)30-11-12-7-13(20(27)28)9-23-8-12/h1-10,18H,11H2,(H,27,28)(H2,24,25,26,29). The number of nitrogens with zero attached hydrogens (tertiary/aromatic N) is 2. The molecule has 1 saturated heterocycles. The third kappa shape index (κ3) is 4.81. The quantitative estimate of drug-likeness (QED) is 0.482. The van der Waals surface area contributed by atoms with Gasteiger partial charge in [-0.25, -0.2) is 9.59 Å². The fourth-order valence-corrected chi connectivity index (χ4v) is 3.87. The smallest absolute Gasteiger partial charge is 0.337 e. The maximum atomic E-state index is 12.0. The normalized spacial score (nSPS) is 15.3. The van der Waals surface area contributed by atoms with Gasteiger partial charge >= 0.3 is 12.0 Å². The SMILES string of the molecule is O=C1NC(=O)C(c2ccncc2Sc2ccc(OCc3cncc(C(=O)O)c3)cc2)N1. The predicted octanol–water partition coefficient (Wildman–Crippen LogP) is 2.79. The molecule has 1 fully saturated rings. The number of rotatable bonds is 7. The molecule has 1 atom stereocenters. The number of hydrogen-bond acceptors (Lipinski definition) is 7. The number of carbonyl (C=O) groups is 3. The van der Waals surface area contributed by atoms with Gasteiger partial charge in [0.25, 0.3) is 5.91 Å². The lowest BCUT2D eigenvalue weighted by molar-refractivity contribution is -0.120. The molecule has 31 heavy (non-hydrogen) atoms. The summed E-state index contributed by atoms with van der Waals surface area (Å²) in [5, 5.41) is 13.9. The largest absolute Gasteiger partial charge is 0.489 e. The van der Waals surface area contributed by atoms with Crippen molar-refractivity contribution in [2.45, 2.75) is 22.4 Å². The Balaban J connectivity index is 1.43. The number of carbonyl (C=O) groups excluding carboxylic acids is 2. The van der Waals surface area contributed by atoms with Gasteiger partial charge in [-0.15, -0.1) is 0 Å². The first kappa shape index (κ1) is 20.4. The lowest BCUT2D eigenvalue weighted by atomic mass is 10.1. The molecule has 1 aromatic carbocycles. The number of carboxylic acid groups (broad SMARTS) is 1. The van der Waals surface area contributed by atoms with Gasteiger partial charge in [0.1, 0.15) is 18.4 Å². The lowest BCUT2D eigenvalue weighted by Crippen LogP contribution is -2.22. The van der Waals surface area contributed by atoms with Gasteiger partial charge in [-0.2, -0.15) is 0 Å². The zero-order chi connectivity index (χ0) is 21.8. The van der Waals surface area contributed by atoms with Crippen molar-refractivity contribution < 1.29 is 24.2 Å². The molecule has 3 heterocycles. The number of urea groups is 1. The maximum absolute atomic E-state index is 12.0. The van der Waals surface area contributed by atoms with Crippen molar-refractivity contribution in [1.29, 1.82) is 0 Å². The number of pyridine rings is 2. The van der Waals surface area contributed by atoms with Gasteiger partial charge in [0.2, 0.25) is 0 Å². The van der Waals surface area contributed by atoms with Crippen LogP contribution in [0.25, 0.3) is 0 Å². The average molecular weight is 436 g/mol. The second-order valence-electron chi connectivity index (χ2n) is 6.56. The summed E-state index contributed by atoms with van der Waals surface area (Å²) in [6.45, 7) is 0.184. The molecule has 4 rings (SSSR count). The molecule has 3 aromatic rings. The van der Waals surface area contributed by atoms with Crippen LogP contribution in [0.3, 0.4) is 0 Å². The van der Waals surface area contributed by atoms with Crippen LogP contribution < -0.4 is 15.4 Å². The van der Waals surface area contributed by atoms with E-state index in [2.05, 4.69) is 20.6 Å². The van der Waals surface area contributed by atoms with E-state index in [1.54, 1.807) is 36.8 Å². The van der Waals surface area contributed by atoms with Crippen LogP contribution in [0, 0.1) is 0 Å². The van der Waals surface area contributed by atoms with Crippen LogP contribution in [0.15, 0.2) is 71.0 Å². The van der Waals surface area contributed by atoms with Crippen molar-refractivity contribution in [3.8, 4) is 5.75 Å². The first-order valence-electron chi connectivity index (χ1n) is 9.13. The molecule has 0 radical (unpaired) electrons. The Hall–Kier alpha value is -3.92. The van der Waals surface area contributed by atoms with Gasteiger partial charge in [-0.05, 0) is 36.4 Å². The Labute approximate surface area is 180 Å². The van der Waals surface area contributed by atoms with Gasteiger partial charge in [0.15, 0.2) is 0 Å². The summed E-state index contributed by atoms with van der Waals surface area (Å²) >= 11 is 1.41. The Morgan fingerprint density at radius 1 is 1.10 bits per heavy atom. The van der Waals surface area contributed by atoms with E-state index >= 15 is 0 Å². The minimum absolute atomic E-state index is 0.104. The van der Waals surface area contributed by atoms with Crippen LogP contribution in [-0.2, 0) is 11.4 Å². The summed E-state index contributed by atoms with van der Waals surface area (Å²) in [6.07, 6.45) is 6.05. The topological polar surface area (TPSA) is 131 Å². The molecular weight excluding hydrogens is 420 g/mol. The molecule has 3 N–H and O–H groups in total. The van der Waals surface area contributed by atoms with E-state index in [4.69, 9.17) is 9.84 Å². The zero-order valence-corrected chi connectivity index (χ0v) is 16.8. The van der Waals surface area contributed by atoms with Crippen LogP contribution in [-0.4, -0.2) is 33.0 Å². The summed E-state index contributed by atoms with van der Waals surface area (Å²) in [4.78, 5) is 44.1. The van der Waals surface area contributed by atoms with Crippen LogP contribution in [0.4, 0.5) is 4.79 Å². The first-order valence-corrected chi connectivity index (χ1v) is 9.94. The number of benzene rings is 1. The van der Waals surface area contributed by atoms with Crippen LogP contribution in [0.5, 0.6) is 5.75 Å². The van der Waals surface area contributed by atoms with Crippen molar-refractivity contribution in [2.75, 3.05) is 0 Å². The number of carboxylic acids is 1. The predicted molar refractivity (Wildman–Crippen MR) is 110 cm³/mol. The second-order valence-corrected chi connectivity index (χ2v) is 7.67. The van der Waals surface area contributed by atoms with E-state index in [-0.39, 0.29) is 12.2 Å². The molecular formula is C21H16N4O5S. The molecule has 3 amide bonds. The van der Waals surface area contributed by atoms with Crippen molar-refractivity contribution >= 4 is 29.7 Å². The second kappa shape index (κ2) is 8.84. The van der Waals surface area contributed by atoms with Crippen molar-refractivity contribution in [1.82, 2.24) is 20.6 Å². The van der Waals surface area contributed by atoms with E-state index in [0.717, 1.165) is 9.79 Å². The number of ether oxygens (including phenoxy) is 1. The van der Waals surface area contributed by atoms with Crippen molar-refractivity contribution in [3.63, 3.8) is 0 Å². The van der Waals surface area contributed by atoms with E-state index < -0.39 is 23.9 Å². The summed E-state index contributed by atoms with van der Waals surface area (Å²) < 4.78 is 5.71. The monoisotopic (exact) mass is 436 g/mol. The van der Waals surface area contributed by atoms with E-state index in [9.17, 15) is 14.4 Å². The first-order chi connectivity index (χ1) is 15.0. The molecule has 0 aliphatic carbocycles. The van der Waals surface area contributed by atoms with Gasteiger partial charge in [0, 0.05) is 45.7 Å². The summed E-state index contributed by atoms with van der Waals surface area (Å²) in [5.41, 5.74) is 1.41. The van der Waals surface area contributed by atoms with Crippen LogP contribution >= 0.6 is 11.8 Å². The summed E-state index contributed by atoms with van der Waals surface area (Å²) in [5.74, 6) is -0.831. The fourth-order valence-electron chi connectivity index (χ4n) is 2.93. The van der Waals surface area contributed by atoms with Crippen molar-refractivity contribution in [3.05, 3.63) is 77.9 Å². The number of aromatic nitrogens is 2. The minimum atomic E-state index is -1.04. The molecule has 156 valence electrons. The van der Waals surface area contributed by atoms with E-state index in [1.807, 2.05) is 12.1 Å². The number of aromatic carboxylic acids is 1. The maximum Gasteiger partial charge on any atom is 0.337 e. The molecule has 1 unspecified atom stereocenters. The lowest BCUT2D eigenvalue weighted by Gasteiger charge is -2.13. The number of imide groups is 1. The number of nitrogens with one attached hydrogen (secondary N) is 2.